The second-order valence-electron chi connectivity index (χ2n) is 7.17. The molecule has 146 valence electrons. The van der Waals surface area contributed by atoms with Gasteiger partial charge in [-0.3, -0.25) is 4.99 Å². The molecule has 2 N–H and O–H groups in total. The summed E-state index contributed by atoms with van der Waals surface area (Å²) < 4.78 is 0. The number of hydrogen-bond acceptors (Lipinski definition) is 3. The molecular formula is C21H37N5. The summed E-state index contributed by atoms with van der Waals surface area (Å²) in [5.74, 6) is 1.38. The second kappa shape index (κ2) is 11.9. The van der Waals surface area contributed by atoms with E-state index in [1.807, 2.05) is 7.05 Å². The number of guanidine groups is 1. The van der Waals surface area contributed by atoms with Gasteiger partial charge in [-0.25, -0.2) is 0 Å². The summed E-state index contributed by atoms with van der Waals surface area (Å²) in [6.45, 7) is 13.7. The van der Waals surface area contributed by atoms with Crippen LogP contribution in [0.4, 0.5) is 0 Å². The SMILES string of the molecule is CCN1CCN(CCCCNC(=NC)NCC(C)c2ccccc2)CC1. The van der Waals surface area contributed by atoms with Crippen LogP contribution in [0.3, 0.4) is 0 Å². The van der Waals surface area contributed by atoms with Gasteiger partial charge in [0.05, 0.1) is 0 Å². The van der Waals surface area contributed by atoms with Crippen LogP contribution in [0, 0.1) is 0 Å². The molecule has 1 saturated heterocycles. The minimum absolute atomic E-state index is 0.469. The monoisotopic (exact) mass is 359 g/mol. The van der Waals surface area contributed by atoms with E-state index in [4.69, 9.17) is 0 Å². The van der Waals surface area contributed by atoms with Gasteiger partial charge in [-0.05, 0) is 37.4 Å². The number of aliphatic imine (C=N–C) groups is 1. The van der Waals surface area contributed by atoms with E-state index >= 15 is 0 Å². The summed E-state index contributed by atoms with van der Waals surface area (Å²) in [6.07, 6.45) is 2.43. The Morgan fingerprint density at radius 1 is 1.04 bits per heavy atom. The van der Waals surface area contributed by atoms with Gasteiger partial charge in [0.15, 0.2) is 5.96 Å². The number of likely N-dealkylation sites (N-methyl/N-ethyl adjacent to an activating group) is 1. The van der Waals surface area contributed by atoms with E-state index in [1.165, 1.54) is 57.7 Å². The lowest BCUT2D eigenvalue weighted by molar-refractivity contribution is 0.136. The average molecular weight is 360 g/mol. The fourth-order valence-electron chi connectivity index (χ4n) is 3.37. The number of nitrogens with one attached hydrogen (secondary N) is 2. The first-order valence-corrected chi connectivity index (χ1v) is 10.2. The molecule has 26 heavy (non-hydrogen) atoms. The number of nitrogens with zero attached hydrogens (tertiary/aromatic N) is 3. The van der Waals surface area contributed by atoms with E-state index in [9.17, 15) is 0 Å². The Labute approximate surface area is 159 Å². The first-order chi connectivity index (χ1) is 12.7. The number of hydrogen-bond donors (Lipinski definition) is 2. The number of unbranched alkanes of at least 4 members (excludes halogenated alkanes) is 1. The first kappa shape index (κ1) is 20.7. The van der Waals surface area contributed by atoms with Gasteiger partial charge in [0, 0.05) is 46.3 Å². The molecule has 0 radical (unpaired) electrons. The Kier molecular flexibility index (Phi) is 9.50. The highest BCUT2D eigenvalue weighted by atomic mass is 15.3. The van der Waals surface area contributed by atoms with Crippen molar-refractivity contribution in [1.29, 1.82) is 0 Å². The highest BCUT2D eigenvalue weighted by molar-refractivity contribution is 5.79. The smallest absolute Gasteiger partial charge is 0.190 e. The maximum absolute atomic E-state index is 4.34. The van der Waals surface area contributed by atoms with Crippen LogP contribution in [0.2, 0.25) is 0 Å². The number of benzene rings is 1. The largest absolute Gasteiger partial charge is 0.356 e. The van der Waals surface area contributed by atoms with Gasteiger partial charge >= 0.3 is 0 Å². The molecule has 0 bridgehead atoms. The van der Waals surface area contributed by atoms with E-state index in [0.717, 1.165) is 19.0 Å². The fraction of sp³-hybridized carbons (Fsp3) is 0.667. The quantitative estimate of drug-likeness (QED) is 0.404. The molecule has 1 aromatic rings. The lowest BCUT2D eigenvalue weighted by atomic mass is 10.0. The molecule has 1 aliphatic rings. The van der Waals surface area contributed by atoms with Crippen molar-refractivity contribution < 1.29 is 0 Å². The van der Waals surface area contributed by atoms with Crippen molar-refractivity contribution in [1.82, 2.24) is 20.4 Å². The number of rotatable bonds is 9. The summed E-state index contributed by atoms with van der Waals surface area (Å²) in [6, 6.07) is 10.6. The Balaban J connectivity index is 1.55. The summed E-state index contributed by atoms with van der Waals surface area (Å²) in [5, 5.41) is 6.88. The summed E-state index contributed by atoms with van der Waals surface area (Å²) in [4.78, 5) is 9.47. The molecule has 2 rings (SSSR count). The van der Waals surface area contributed by atoms with Crippen LogP contribution in [0.5, 0.6) is 0 Å². The third kappa shape index (κ3) is 7.34. The Bertz CT molecular complexity index is 508. The highest BCUT2D eigenvalue weighted by Crippen LogP contribution is 2.12. The normalized spacial score (nSPS) is 17.9. The predicted molar refractivity (Wildman–Crippen MR) is 112 cm³/mol. The molecule has 5 heteroatoms. The molecule has 0 aromatic heterocycles. The van der Waals surface area contributed by atoms with Crippen molar-refractivity contribution >= 4 is 5.96 Å². The van der Waals surface area contributed by atoms with E-state index < -0.39 is 0 Å². The maximum atomic E-state index is 4.34. The Morgan fingerprint density at radius 2 is 1.73 bits per heavy atom. The minimum Gasteiger partial charge on any atom is -0.356 e. The van der Waals surface area contributed by atoms with Crippen LogP contribution >= 0.6 is 0 Å². The van der Waals surface area contributed by atoms with Gasteiger partial charge in [0.1, 0.15) is 0 Å². The van der Waals surface area contributed by atoms with Crippen molar-refractivity contribution in [3.8, 4) is 0 Å². The Morgan fingerprint density at radius 3 is 2.38 bits per heavy atom. The van der Waals surface area contributed by atoms with Crippen LogP contribution in [-0.2, 0) is 0 Å². The molecule has 1 fully saturated rings. The predicted octanol–water partition coefficient (Wildman–Crippen LogP) is 2.37. The van der Waals surface area contributed by atoms with E-state index in [1.54, 1.807) is 0 Å². The fourth-order valence-corrected chi connectivity index (χ4v) is 3.37. The van der Waals surface area contributed by atoms with Crippen LogP contribution < -0.4 is 10.6 Å². The zero-order valence-corrected chi connectivity index (χ0v) is 16.9. The van der Waals surface area contributed by atoms with Crippen molar-refractivity contribution in [2.75, 3.05) is 59.4 Å². The van der Waals surface area contributed by atoms with E-state index in [-0.39, 0.29) is 0 Å². The van der Waals surface area contributed by atoms with Gasteiger partial charge in [0.2, 0.25) is 0 Å². The zero-order valence-electron chi connectivity index (χ0n) is 16.9. The van der Waals surface area contributed by atoms with Gasteiger partial charge in [-0.15, -0.1) is 0 Å². The summed E-state index contributed by atoms with van der Waals surface area (Å²) in [7, 11) is 1.84. The molecule has 0 saturated carbocycles. The molecule has 5 nitrogen and oxygen atoms in total. The lowest BCUT2D eigenvalue weighted by Crippen LogP contribution is -2.46. The zero-order chi connectivity index (χ0) is 18.6. The van der Waals surface area contributed by atoms with Crippen molar-refractivity contribution in [2.45, 2.75) is 32.6 Å². The van der Waals surface area contributed by atoms with Crippen LogP contribution in [0.25, 0.3) is 0 Å². The van der Waals surface area contributed by atoms with E-state index in [0.29, 0.717) is 5.92 Å². The third-order valence-corrected chi connectivity index (χ3v) is 5.27. The minimum atomic E-state index is 0.469. The van der Waals surface area contributed by atoms with Gasteiger partial charge in [-0.1, -0.05) is 44.2 Å². The first-order valence-electron chi connectivity index (χ1n) is 10.2. The molecule has 0 aliphatic carbocycles. The topological polar surface area (TPSA) is 42.9 Å². The van der Waals surface area contributed by atoms with Gasteiger partial charge < -0.3 is 20.4 Å². The van der Waals surface area contributed by atoms with E-state index in [2.05, 4.69) is 69.6 Å². The van der Waals surface area contributed by atoms with Crippen LogP contribution in [0.15, 0.2) is 35.3 Å². The number of piperazine rings is 1. The summed E-state index contributed by atoms with van der Waals surface area (Å²) >= 11 is 0. The van der Waals surface area contributed by atoms with Crippen molar-refractivity contribution in [3.05, 3.63) is 35.9 Å². The molecule has 1 aromatic carbocycles. The van der Waals surface area contributed by atoms with Crippen molar-refractivity contribution in [2.24, 2.45) is 4.99 Å². The highest BCUT2D eigenvalue weighted by Gasteiger charge is 2.14. The molecule has 1 heterocycles. The summed E-state index contributed by atoms with van der Waals surface area (Å²) in [5.41, 5.74) is 1.36. The van der Waals surface area contributed by atoms with Crippen LogP contribution in [-0.4, -0.2) is 75.2 Å². The molecule has 0 spiro atoms. The lowest BCUT2D eigenvalue weighted by Gasteiger charge is -2.34. The van der Waals surface area contributed by atoms with Gasteiger partial charge in [-0.2, -0.15) is 0 Å². The molecular weight excluding hydrogens is 322 g/mol. The third-order valence-electron chi connectivity index (χ3n) is 5.27. The van der Waals surface area contributed by atoms with Gasteiger partial charge in [0.25, 0.3) is 0 Å². The van der Waals surface area contributed by atoms with Crippen molar-refractivity contribution in [3.63, 3.8) is 0 Å². The molecule has 1 atom stereocenters. The molecule has 1 aliphatic heterocycles. The average Bonchev–Trinajstić information content (AvgIpc) is 2.71. The Hall–Kier alpha value is -1.59. The second-order valence-corrected chi connectivity index (χ2v) is 7.17. The maximum Gasteiger partial charge on any atom is 0.190 e. The van der Waals surface area contributed by atoms with Crippen LogP contribution in [0.1, 0.15) is 38.2 Å². The molecule has 0 amide bonds. The standard InChI is InChI=1S/C21H37N5/c1-4-25-14-16-26(17-15-25)13-9-8-12-23-21(22-3)24-18-19(2)20-10-6-5-7-11-20/h5-7,10-11,19H,4,8-9,12-18H2,1-3H3,(H2,22,23,24). The molecule has 1 unspecified atom stereocenters.